The number of ketones is 1. The van der Waals surface area contributed by atoms with Crippen LogP contribution >= 0.6 is 0 Å². The van der Waals surface area contributed by atoms with Gasteiger partial charge in [0.25, 0.3) is 0 Å². The van der Waals surface area contributed by atoms with Crippen molar-refractivity contribution in [3.63, 3.8) is 0 Å². The first-order valence-corrected chi connectivity index (χ1v) is 6.89. The summed E-state index contributed by atoms with van der Waals surface area (Å²) in [5.74, 6) is -0.347. The van der Waals surface area contributed by atoms with Crippen molar-refractivity contribution in [1.82, 2.24) is 9.38 Å². The van der Waals surface area contributed by atoms with Crippen LogP contribution in [-0.2, 0) is 6.42 Å². The largest absolute Gasteiger partial charge is 0.507 e. The Balaban J connectivity index is 2.19. The first-order valence-electron chi connectivity index (χ1n) is 6.89. The lowest BCUT2D eigenvalue weighted by Crippen LogP contribution is -2.08. The van der Waals surface area contributed by atoms with Crippen molar-refractivity contribution in [3.8, 4) is 11.8 Å². The van der Waals surface area contributed by atoms with Crippen molar-refractivity contribution in [2.24, 2.45) is 0 Å². The van der Waals surface area contributed by atoms with Crippen molar-refractivity contribution in [3.05, 3.63) is 65.1 Å². The summed E-state index contributed by atoms with van der Waals surface area (Å²) >= 11 is 0. The lowest BCUT2D eigenvalue weighted by Gasteiger charge is -2.05. The topological polar surface area (TPSA) is 78.4 Å². The maximum absolute atomic E-state index is 12.8. The second kappa shape index (κ2) is 5.34. The molecule has 0 amide bonds. The lowest BCUT2D eigenvalue weighted by molar-refractivity contribution is 0.103. The van der Waals surface area contributed by atoms with E-state index in [0.717, 1.165) is 0 Å². The monoisotopic (exact) mass is 291 g/mol. The minimum atomic E-state index is -0.216. The zero-order valence-electron chi connectivity index (χ0n) is 11.9. The van der Waals surface area contributed by atoms with Crippen molar-refractivity contribution >= 4 is 11.4 Å². The van der Waals surface area contributed by atoms with Gasteiger partial charge in [-0.25, -0.2) is 4.98 Å². The lowest BCUT2D eigenvalue weighted by atomic mass is 10.0. The van der Waals surface area contributed by atoms with E-state index in [1.54, 1.807) is 10.6 Å². The molecule has 3 aromatic rings. The molecule has 0 bridgehead atoms. The number of pyridine rings is 1. The summed E-state index contributed by atoms with van der Waals surface area (Å²) in [5, 5.41) is 18.6. The number of rotatable bonds is 3. The van der Waals surface area contributed by atoms with Crippen LogP contribution in [0, 0.1) is 11.3 Å². The van der Waals surface area contributed by atoms with E-state index >= 15 is 0 Å². The summed E-state index contributed by atoms with van der Waals surface area (Å²) in [6.07, 6.45) is 2.42. The zero-order valence-corrected chi connectivity index (χ0v) is 11.9. The Labute approximate surface area is 127 Å². The molecule has 0 aliphatic carbocycles. The molecule has 0 saturated heterocycles. The van der Waals surface area contributed by atoms with Crippen LogP contribution in [0.15, 0.2) is 42.6 Å². The molecule has 0 atom stereocenters. The normalized spacial score (nSPS) is 10.5. The SMILES string of the molecule is CCc1nc2ccccn2c1C(=O)c1ccc(O)c(C#N)c1. The van der Waals surface area contributed by atoms with Gasteiger partial charge in [-0.15, -0.1) is 0 Å². The summed E-state index contributed by atoms with van der Waals surface area (Å²) in [5.41, 5.74) is 2.35. The molecule has 0 fully saturated rings. The van der Waals surface area contributed by atoms with Crippen LogP contribution in [0.2, 0.25) is 0 Å². The number of benzene rings is 1. The quantitative estimate of drug-likeness (QED) is 0.752. The van der Waals surface area contributed by atoms with Crippen molar-refractivity contribution in [2.75, 3.05) is 0 Å². The van der Waals surface area contributed by atoms with Crippen LogP contribution in [-0.4, -0.2) is 20.3 Å². The van der Waals surface area contributed by atoms with E-state index in [4.69, 9.17) is 5.26 Å². The van der Waals surface area contributed by atoms with Gasteiger partial charge in [0, 0.05) is 11.8 Å². The maximum atomic E-state index is 12.8. The fourth-order valence-corrected chi connectivity index (χ4v) is 2.44. The molecule has 5 nitrogen and oxygen atoms in total. The Kier molecular flexibility index (Phi) is 3.36. The van der Waals surface area contributed by atoms with Crippen molar-refractivity contribution < 1.29 is 9.90 Å². The molecule has 0 unspecified atom stereocenters. The predicted molar refractivity (Wildman–Crippen MR) is 80.8 cm³/mol. The second-order valence-electron chi connectivity index (χ2n) is 4.86. The fourth-order valence-electron chi connectivity index (χ4n) is 2.44. The van der Waals surface area contributed by atoms with Crippen LogP contribution in [0.25, 0.3) is 5.65 Å². The van der Waals surface area contributed by atoms with Crippen molar-refractivity contribution in [2.45, 2.75) is 13.3 Å². The Bertz CT molecular complexity index is 919. The minimum Gasteiger partial charge on any atom is -0.507 e. The number of aromatic nitrogens is 2. The molecule has 3 rings (SSSR count). The fraction of sp³-hybridized carbons (Fsp3) is 0.118. The second-order valence-corrected chi connectivity index (χ2v) is 4.86. The Hall–Kier alpha value is -3.13. The molecule has 0 radical (unpaired) electrons. The number of hydrogen-bond donors (Lipinski definition) is 1. The molecule has 2 aromatic heterocycles. The highest BCUT2D eigenvalue weighted by Gasteiger charge is 2.20. The number of phenols is 1. The van der Waals surface area contributed by atoms with Crippen LogP contribution < -0.4 is 0 Å². The highest BCUT2D eigenvalue weighted by molar-refractivity contribution is 6.09. The summed E-state index contributed by atoms with van der Waals surface area (Å²) < 4.78 is 1.75. The van der Waals surface area contributed by atoms with E-state index in [1.165, 1.54) is 18.2 Å². The van der Waals surface area contributed by atoms with Gasteiger partial charge in [-0.2, -0.15) is 5.26 Å². The molecule has 1 N–H and O–H groups in total. The van der Waals surface area contributed by atoms with E-state index in [1.807, 2.05) is 31.2 Å². The molecule has 0 saturated carbocycles. The number of carbonyl (C=O) groups is 1. The summed E-state index contributed by atoms with van der Waals surface area (Å²) in [6.45, 7) is 1.94. The third-order valence-electron chi connectivity index (χ3n) is 3.53. The average Bonchev–Trinajstić information content (AvgIpc) is 2.93. The molecule has 0 aliphatic rings. The highest BCUT2D eigenvalue weighted by atomic mass is 16.3. The molecule has 108 valence electrons. The maximum Gasteiger partial charge on any atom is 0.211 e. The smallest absolute Gasteiger partial charge is 0.211 e. The third kappa shape index (κ3) is 2.11. The Morgan fingerprint density at radius 1 is 1.36 bits per heavy atom. The molecule has 0 aliphatic heterocycles. The van der Waals surface area contributed by atoms with Crippen LogP contribution in [0.4, 0.5) is 0 Å². The Morgan fingerprint density at radius 2 is 2.18 bits per heavy atom. The number of carbonyl (C=O) groups excluding carboxylic acids is 1. The number of nitriles is 1. The van der Waals surface area contributed by atoms with Gasteiger partial charge in [-0.1, -0.05) is 13.0 Å². The zero-order chi connectivity index (χ0) is 15.7. The van der Waals surface area contributed by atoms with Gasteiger partial charge < -0.3 is 5.11 Å². The van der Waals surface area contributed by atoms with Gasteiger partial charge in [-0.05, 0) is 36.8 Å². The summed E-state index contributed by atoms with van der Waals surface area (Å²) in [4.78, 5) is 17.3. The Morgan fingerprint density at radius 3 is 2.91 bits per heavy atom. The molecular formula is C17H13N3O2. The van der Waals surface area contributed by atoms with Gasteiger partial charge in [0.2, 0.25) is 5.78 Å². The van der Waals surface area contributed by atoms with E-state index in [2.05, 4.69) is 4.98 Å². The number of aryl methyl sites for hydroxylation is 1. The highest BCUT2D eigenvalue weighted by Crippen LogP contribution is 2.22. The van der Waals surface area contributed by atoms with E-state index < -0.39 is 0 Å². The molecular weight excluding hydrogens is 278 g/mol. The number of aromatic hydroxyl groups is 1. The number of phenolic OH excluding ortho intramolecular Hbond substituents is 1. The van der Waals surface area contributed by atoms with Gasteiger partial charge in [0.1, 0.15) is 23.2 Å². The van der Waals surface area contributed by atoms with E-state index in [-0.39, 0.29) is 17.1 Å². The standard InChI is InChI=1S/C17H13N3O2/c1-2-13-16(20-8-4-3-5-15(20)19-13)17(22)11-6-7-14(21)12(9-11)10-18/h3-9,21H,2H2,1H3. The molecule has 2 heterocycles. The average molecular weight is 291 g/mol. The van der Waals surface area contributed by atoms with E-state index in [0.29, 0.717) is 29.0 Å². The van der Waals surface area contributed by atoms with Gasteiger partial charge in [0.15, 0.2) is 0 Å². The number of imidazole rings is 1. The predicted octanol–water partition coefficient (Wildman–Crippen LogP) is 2.70. The number of hydrogen-bond acceptors (Lipinski definition) is 4. The van der Waals surface area contributed by atoms with Gasteiger partial charge in [0.05, 0.1) is 11.3 Å². The minimum absolute atomic E-state index is 0.0812. The first kappa shape index (κ1) is 13.8. The summed E-state index contributed by atoms with van der Waals surface area (Å²) in [6, 6.07) is 11.7. The van der Waals surface area contributed by atoms with Crippen LogP contribution in [0.5, 0.6) is 5.75 Å². The van der Waals surface area contributed by atoms with Gasteiger partial charge >= 0.3 is 0 Å². The molecule has 22 heavy (non-hydrogen) atoms. The van der Waals surface area contributed by atoms with Crippen LogP contribution in [0.3, 0.4) is 0 Å². The first-order chi connectivity index (χ1) is 10.7. The van der Waals surface area contributed by atoms with Crippen molar-refractivity contribution in [1.29, 1.82) is 5.26 Å². The molecule has 0 spiro atoms. The van der Waals surface area contributed by atoms with Crippen LogP contribution in [0.1, 0.15) is 34.2 Å². The number of fused-ring (bicyclic) bond motifs is 1. The molecule has 5 heteroatoms. The van der Waals surface area contributed by atoms with Gasteiger partial charge in [-0.3, -0.25) is 9.20 Å². The molecule has 1 aromatic carbocycles. The van der Waals surface area contributed by atoms with E-state index in [9.17, 15) is 9.90 Å². The third-order valence-corrected chi connectivity index (χ3v) is 3.53. The number of nitrogens with zero attached hydrogens (tertiary/aromatic N) is 3. The summed E-state index contributed by atoms with van der Waals surface area (Å²) in [7, 11) is 0.